The van der Waals surface area contributed by atoms with Gasteiger partial charge in [-0.15, -0.1) is 0 Å². The fourth-order valence-corrected chi connectivity index (χ4v) is 4.26. The Hall–Kier alpha value is -2.24. The van der Waals surface area contributed by atoms with Crippen molar-refractivity contribution in [3.8, 4) is 11.5 Å². The van der Waals surface area contributed by atoms with Crippen LogP contribution in [0, 0.1) is 0 Å². The average molecular weight is 391 g/mol. The second-order valence-corrected chi connectivity index (χ2v) is 7.32. The molecule has 1 aliphatic rings. The molecule has 0 saturated heterocycles. The van der Waals surface area contributed by atoms with Gasteiger partial charge in [-0.3, -0.25) is 4.79 Å². The van der Waals surface area contributed by atoms with E-state index < -0.39 is 17.0 Å². The number of carbonyl (C=O) groups excluding carboxylic acids is 1. The predicted octanol–water partition coefficient (Wildman–Crippen LogP) is 3.51. The number of aryl methyl sites for hydroxylation is 1. The Balaban J connectivity index is 2.45. The normalized spacial score (nSPS) is 24.1. The maximum Gasteiger partial charge on any atom is 0.323 e. The van der Waals surface area contributed by atoms with Gasteiger partial charge in [0.1, 0.15) is 16.9 Å². The fourth-order valence-electron chi connectivity index (χ4n) is 4.13. The third-order valence-corrected chi connectivity index (χ3v) is 5.70. The minimum absolute atomic E-state index is 0.369. The third kappa shape index (κ3) is 2.86. The Labute approximate surface area is 163 Å². The summed E-state index contributed by atoms with van der Waals surface area (Å²) in [6.45, 7) is 1.66. The summed E-state index contributed by atoms with van der Waals surface area (Å²) in [6, 6.07) is 10.5. The minimum atomic E-state index is -1.46. The number of hydrogen-bond donors (Lipinski definition) is 1. The number of fused-ring (bicyclic) bond motifs is 1. The first-order valence-corrected chi connectivity index (χ1v) is 9.01. The topological polar surface area (TPSA) is 65.0 Å². The van der Waals surface area contributed by atoms with Crippen LogP contribution in [0.3, 0.4) is 0 Å². The third-order valence-electron chi connectivity index (χ3n) is 5.45. The maximum atomic E-state index is 13.3. The van der Waals surface area contributed by atoms with E-state index in [1.807, 2.05) is 6.07 Å². The Bertz CT molecular complexity index is 842. The van der Waals surface area contributed by atoms with Gasteiger partial charge in [-0.05, 0) is 49.1 Å². The number of esters is 1. The van der Waals surface area contributed by atoms with Gasteiger partial charge in [0.05, 0.1) is 26.9 Å². The zero-order valence-corrected chi connectivity index (χ0v) is 16.6. The molecule has 3 rings (SSSR count). The molecule has 1 N–H and O–H groups in total. The van der Waals surface area contributed by atoms with Gasteiger partial charge in [0.2, 0.25) is 0 Å². The average Bonchev–Trinajstić information content (AvgIpc) is 2.67. The molecule has 0 saturated carbocycles. The summed E-state index contributed by atoms with van der Waals surface area (Å²) in [4.78, 5) is 13.3. The van der Waals surface area contributed by atoms with Crippen LogP contribution in [0.1, 0.15) is 30.0 Å². The van der Waals surface area contributed by atoms with E-state index in [0.29, 0.717) is 40.5 Å². The quantitative estimate of drug-likeness (QED) is 0.809. The van der Waals surface area contributed by atoms with Crippen molar-refractivity contribution in [1.29, 1.82) is 0 Å². The minimum Gasteiger partial charge on any atom is -0.497 e. The largest absolute Gasteiger partial charge is 0.497 e. The molecule has 0 fully saturated rings. The number of ether oxygens (including phenoxy) is 3. The molecule has 0 amide bonds. The predicted molar refractivity (Wildman–Crippen MR) is 103 cm³/mol. The van der Waals surface area contributed by atoms with Crippen LogP contribution in [0.4, 0.5) is 0 Å². The molecule has 144 valence electrons. The SMILES string of the molecule is COC(=O)[C@]1(c2ccc(Cl)cc2)c2c(cc(OC)cc2OC)CC[C@]1(C)O. The molecule has 1 aliphatic carbocycles. The summed E-state index contributed by atoms with van der Waals surface area (Å²) in [5.74, 6) is 0.533. The van der Waals surface area contributed by atoms with E-state index in [4.69, 9.17) is 25.8 Å². The zero-order valence-electron chi connectivity index (χ0n) is 15.8. The lowest BCUT2D eigenvalue weighted by molar-refractivity contribution is -0.157. The first-order chi connectivity index (χ1) is 12.8. The number of halogens is 1. The van der Waals surface area contributed by atoms with E-state index in [9.17, 15) is 9.90 Å². The lowest BCUT2D eigenvalue weighted by Gasteiger charge is -2.48. The number of methoxy groups -OCH3 is 3. The van der Waals surface area contributed by atoms with Crippen molar-refractivity contribution in [3.05, 3.63) is 58.1 Å². The monoisotopic (exact) mass is 390 g/mol. The number of benzene rings is 2. The molecule has 0 aliphatic heterocycles. The van der Waals surface area contributed by atoms with Crippen molar-refractivity contribution in [1.82, 2.24) is 0 Å². The number of hydrogen-bond acceptors (Lipinski definition) is 5. The molecular formula is C21H23ClO5. The molecule has 0 spiro atoms. The van der Waals surface area contributed by atoms with Gasteiger partial charge < -0.3 is 19.3 Å². The highest BCUT2D eigenvalue weighted by Crippen LogP contribution is 2.53. The van der Waals surface area contributed by atoms with Crippen LogP contribution in [0.25, 0.3) is 0 Å². The van der Waals surface area contributed by atoms with Crippen LogP contribution in [-0.4, -0.2) is 38.0 Å². The van der Waals surface area contributed by atoms with Crippen molar-refractivity contribution < 1.29 is 24.1 Å². The van der Waals surface area contributed by atoms with Crippen molar-refractivity contribution in [2.24, 2.45) is 0 Å². The van der Waals surface area contributed by atoms with Crippen LogP contribution in [-0.2, 0) is 21.4 Å². The first kappa shape index (κ1) is 19.5. The molecule has 0 radical (unpaired) electrons. The lowest BCUT2D eigenvalue weighted by Crippen LogP contribution is -2.59. The summed E-state index contributed by atoms with van der Waals surface area (Å²) >= 11 is 6.06. The smallest absolute Gasteiger partial charge is 0.323 e. The van der Waals surface area contributed by atoms with Gasteiger partial charge in [-0.1, -0.05) is 23.7 Å². The van der Waals surface area contributed by atoms with Gasteiger partial charge in [0.25, 0.3) is 0 Å². The summed E-state index contributed by atoms with van der Waals surface area (Å²) in [5, 5.41) is 12.0. The van der Waals surface area contributed by atoms with Gasteiger partial charge in [0, 0.05) is 16.7 Å². The van der Waals surface area contributed by atoms with Crippen LogP contribution < -0.4 is 9.47 Å². The fraction of sp³-hybridized carbons (Fsp3) is 0.381. The van der Waals surface area contributed by atoms with Gasteiger partial charge >= 0.3 is 5.97 Å². The Morgan fingerprint density at radius 3 is 2.33 bits per heavy atom. The number of carbonyl (C=O) groups is 1. The van der Waals surface area contributed by atoms with Crippen molar-refractivity contribution in [2.75, 3.05) is 21.3 Å². The van der Waals surface area contributed by atoms with Crippen LogP contribution in [0.15, 0.2) is 36.4 Å². The van der Waals surface area contributed by atoms with E-state index in [2.05, 4.69) is 0 Å². The van der Waals surface area contributed by atoms with Crippen molar-refractivity contribution >= 4 is 17.6 Å². The van der Waals surface area contributed by atoms with Crippen molar-refractivity contribution in [2.45, 2.75) is 30.8 Å². The van der Waals surface area contributed by atoms with Crippen LogP contribution in [0.5, 0.6) is 11.5 Å². The van der Waals surface area contributed by atoms with E-state index in [-0.39, 0.29) is 0 Å². The van der Waals surface area contributed by atoms with E-state index in [0.717, 1.165) is 5.56 Å². The van der Waals surface area contributed by atoms with Crippen molar-refractivity contribution in [3.63, 3.8) is 0 Å². The van der Waals surface area contributed by atoms with E-state index >= 15 is 0 Å². The summed E-state index contributed by atoms with van der Waals surface area (Å²) < 4.78 is 16.2. The van der Waals surface area contributed by atoms with E-state index in [1.54, 1.807) is 44.4 Å². The maximum absolute atomic E-state index is 13.3. The molecule has 2 aromatic rings. The number of aliphatic hydroxyl groups is 1. The highest BCUT2D eigenvalue weighted by Gasteiger charge is 2.60. The highest BCUT2D eigenvalue weighted by atomic mass is 35.5. The Morgan fingerprint density at radius 1 is 1.11 bits per heavy atom. The number of rotatable bonds is 4. The summed E-state index contributed by atoms with van der Waals surface area (Å²) in [6.07, 6.45) is 0.941. The molecule has 2 aromatic carbocycles. The zero-order chi connectivity index (χ0) is 19.8. The molecule has 0 bridgehead atoms. The molecular weight excluding hydrogens is 368 g/mol. The second kappa shape index (κ2) is 7.06. The van der Waals surface area contributed by atoms with Gasteiger partial charge in [-0.25, -0.2) is 0 Å². The van der Waals surface area contributed by atoms with Crippen LogP contribution in [0.2, 0.25) is 5.02 Å². The molecule has 0 aromatic heterocycles. The lowest BCUT2D eigenvalue weighted by atomic mass is 9.57. The molecule has 27 heavy (non-hydrogen) atoms. The van der Waals surface area contributed by atoms with Crippen LogP contribution >= 0.6 is 11.6 Å². The highest BCUT2D eigenvalue weighted by molar-refractivity contribution is 6.30. The first-order valence-electron chi connectivity index (χ1n) is 8.64. The Kier molecular flexibility index (Phi) is 5.10. The Morgan fingerprint density at radius 2 is 1.78 bits per heavy atom. The molecule has 0 heterocycles. The summed E-state index contributed by atoms with van der Waals surface area (Å²) in [7, 11) is 4.43. The summed E-state index contributed by atoms with van der Waals surface area (Å²) in [5.41, 5.74) is -0.803. The molecule has 2 atom stereocenters. The molecule has 6 heteroatoms. The second-order valence-electron chi connectivity index (χ2n) is 6.89. The molecule has 0 unspecified atom stereocenters. The van der Waals surface area contributed by atoms with Gasteiger partial charge in [0.15, 0.2) is 0 Å². The standard InChI is InChI=1S/C21H23ClO5/c1-20(24)10-9-13-11-16(25-2)12-17(26-3)18(13)21(20,19(23)27-4)14-5-7-15(22)8-6-14/h5-8,11-12,24H,9-10H2,1-4H3/t20-,21-/m0/s1. The van der Waals surface area contributed by atoms with E-state index in [1.165, 1.54) is 14.2 Å². The van der Waals surface area contributed by atoms with Gasteiger partial charge in [-0.2, -0.15) is 0 Å². The molecule has 5 nitrogen and oxygen atoms in total.